The van der Waals surface area contributed by atoms with Crippen molar-refractivity contribution in [1.29, 1.82) is 0 Å². The van der Waals surface area contributed by atoms with Crippen LogP contribution in [0.3, 0.4) is 0 Å². The highest BCUT2D eigenvalue weighted by atomic mass is 15.2. The van der Waals surface area contributed by atoms with Gasteiger partial charge in [0.25, 0.3) is 0 Å². The second-order valence-corrected chi connectivity index (χ2v) is 23.6. The van der Waals surface area contributed by atoms with Crippen molar-refractivity contribution in [3.05, 3.63) is 358 Å². The molecule has 83 heavy (non-hydrogen) atoms. The third kappa shape index (κ3) is 4.93. The molecule has 1 aromatic heterocycles. The van der Waals surface area contributed by atoms with Crippen LogP contribution in [-0.4, -0.2) is 4.57 Å². The fourth-order valence-electron chi connectivity index (χ4n) is 17.8. The average Bonchev–Trinajstić information content (AvgIpc) is 1.72. The Morgan fingerprint density at radius 3 is 0.940 bits per heavy atom. The molecular weight excluding hydrogens is 1000 g/mol. The Bertz CT molecular complexity index is 4980. The van der Waals surface area contributed by atoms with Crippen LogP contribution < -0.4 is 4.90 Å². The first-order chi connectivity index (χ1) is 41.2. The molecule has 2 heterocycles. The predicted molar refractivity (Wildman–Crippen MR) is 339 cm³/mol. The summed E-state index contributed by atoms with van der Waals surface area (Å²) in [5.41, 5.74) is 34.1. The molecule has 1 aliphatic heterocycles. The van der Waals surface area contributed by atoms with Crippen molar-refractivity contribution in [3.63, 3.8) is 0 Å². The van der Waals surface area contributed by atoms with E-state index in [1.54, 1.807) is 0 Å². The third-order valence-corrected chi connectivity index (χ3v) is 20.4. The molecule has 14 aromatic rings. The Balaban J connectivity index is 0.946. The molecular formula is C81H48N2. The van der Waals surface area contributed by atoms with E-state index in [1.807, 2.05) is 0 Å². The Kier molecular flexibility index (Phi) is 8.24. The summed E-state index contributed by atoms with van der Waals surface area (Å²) in [6.45, 7) is 0. The quantitative estimate of drug-likeness (QED) is 0.171. The molecule has 3 spiro atoms. The van der Waals surface area contributed by atoms with E-state index in [4.69, 9.17) is 0 Å². The lowest BCUT2D eigenvalue weighted by Gasteiger charge is -2.40. The number of para-hydroxylation sites is 3. The summed E-state index contributed by atoms with van der Waals surface area (Å²) in [4.78, 5) is 2.73. The zero-order valence-electron chi connectivity index (χ0n) is 45.1. The van der Waals surface area contributed by atoms with Crippen molar-refractivity contribution in [2.45, 2.75) is 16.2 Å². The first-order valence-corrected chi connectivity index (χ1v) is 29.3. The summed E-state index contributed by atoms with van der Waals surface area (Å²) in [5, 5.41) is 2.55. The van der Waals surface area contributed by atoms with Gasteiger partial charge in [-0.15, -0.1) is 0 Å². The van der Waals surface area contributed by atoms with E-state index in [0.29, 0.717) is 0 Å². The molecule has 5 aliphatic carbocycles. The molecule has 382 valence electrons. The maximum Gasteiger partial charge on any atom is 0.0755 e. The van der Waals surface area contributed by atoms with Crippen LogP contribution in [0.1, 0.15) is 66.8 Å². The fraction of sp³-hybridized carbons (Fsp3) is 0.0370. The first-order valence-electron chi connectivity index (χ1n) is 29.3. The zero-order valence-corrected chi connectivity index (χ0v) is 45.1. The molecule has 0 bridgehead atoms. The highest BCUT2D eigenvalue weighted by Gasteiger charge is 2.56. The summed E-state index contributed by atoms with van der Waals surface area (Å²) in [6, 6.07) is 112. The van der Waals surface area contributed by atoms with Crippen LogP contribution in [0.5, 0.6) is 0 Å². The van der Waals surface area contributed by atoms with Crippen molar-refractivity contribution in [2.24, 2.45) is 0 Å². The van der Waals surface area contributed by atoms with E-state index in [0.717, 1.165) is 17.1 Å². The highest BCUT2D eigenvalue weighted by molar-refractivity contribution is 6.14. The number of nitrogens with zero attached hydrogens (tertiary/aromatic N) is 2. The monoisotopic (exact) mass is 1050 g/mol. The molecule has 0 radical (unpaired) electrons. The van der Waals surface area contributed by atoms with Crippen molar-refractivity contribution in [3.8, 4) is 61.3 Å². The molecule has 20 rings (SSSR count). The van der Waals surface area contributed by atoms with Crippen LogP contribution >= 0.6 is 0 Å². The van der Waals surface area contributed by atoms with Gasteiger partial charge in [-0.25, -0.2) is 0 Å². The van der Waals surface area contributed by atoms with E-state index >= 15 is 0 Å². The van der Waals surface area contributed by atoms with Gasteiger partial charge >= 0.3 is 0 Å². The third-order valence-electron chi connectivity index (χ3n) is 20.4. The van der Waals surface area contributed by atoms with Crippen molar-refractivity contribution in [1.82, 2.24) is 4.57 Å². The standard InChI is InChI=1S/C81H48N2/c1-9-32-58-49(23-1)50-24-2-10-33-59(50)79(58)62-36-13-5-28-55(62)75-66(79)40-20-46-72(75)82(73-47-21-41-67-76(73)56-29-6-14-37-63(56)80(67)60-34-11-3-25-51(60)52-26-4-12-35-61(52)80)74-48-22-42-68-77(74)57-30-7-15-38-64(57)81(68)65-39-16-18-45-71(65)83-70-44-17-8-27-53(70)54-31-19-43-69(81)78(54)83/h1-48H. The summed E-state index contributed by atoms with van der Waals surface area (Å²) < 4.78 is 2.55. The fourth-order valence-corrected chi connectivity index (χ4v) is 17.8. The molecule has 2 heteroatoms. The number of anilines is 3. The van der Waals surface area contributed by atoms with Gasteiger partial charge in [-0.05, 0) is 136 Å². The molecule has 0 saturated heterocycles. The van der Waals surface area contributed by atoms with Crippen LogP contribution in [0.4, 0.5) is 17.1 Å². The number of rotatable bonds is 3. The van der Waals surface area contributed by atoms with E-state index in [1.165, 1.54) is 150 Å². The molecule has 1 atom stereocenters. The first kappa shape index (κ1) is 44.2. The number of hydrogen-bond acceptors (Lipinski definition) is 1. The molecule has 6 aliphatic rings. The molecule has 0 N–H and O–H groups in total. The van der Waals surface area contributed by atoms with Gasteiger partial charge in [0, 0.05) is 27.5 Å². The minimum absolute atomic E-state index is 0.536. The van der Waals surface area contributed by atoms with Crippen LogP contribution in [0.15, 0.2) is 291 Å². The Hall–Kier alpha value is -10.5. The van der Waals surface area contributed by atoms with Gasteiger partial charge in [-0.1, -0.05) is 261 Å². The van der Waals surface area contributed by atoms with Crippen LogP contribution in [0.25, 0.3) is 83.1 Å². The number of fused-ring (bicyclic) bond motifs is 32. The second-order valence-electron chi connectivity index (χ2n) is 23.6. The van der Waals surface area contributed by atoms with Gasteiger partial charge in [0.15, 0.2) is 0 Å². The van der Waals surface area contributed by atoms with Crippen LogP contribution in [0.2, 0.25) is 0 Å². The molecule has 2 nitrogen and oxygen atoms in total. The van der Waals surface area contributed by atoms with Crippen molar-refractivity contribution >= 4 is 38.9 Å². The van der Waals surface area contributed by atoms with E-state index < -0.39 is 16.2 Å². The predicted octanol–water partition coefficient (Wildman–Crippen LogP) is 19.6. The maximum atomic E-state index is 2.73. The van der Waals surface area contributed by atoms with Crippen molar-refractivity contribution in [2.75, 3.05) is 4.90 Å². The van der Waals surface area contributed by atoms with Gasteiger partial charge in [-0.2, -0.15) is 0 Å². The van der Waals surface area contributed by atoms with E-state index in [2.05, 4.69) is 301 Å². The van der Waals surface area contributed by atoms with Gasteiger partial charge in [0.05, 0.1) is 50.0 Å². The Morgan fingerprint density at radius 2 is 0.506 bits per heavy atom. The maximum absolute atomic E-state index is 2.73. The number of aromatic nitrogens is 1. The molecule has 13 aromatic carbocycles. The van der Waals surface area contributed by atoms with Crippen molar-refractivity contribution < 1.29 is 0 Å². The molecule has 0 fully saturated rings. The SMILES string of the molecule is c1ccc2c(c1)-c1ccccc1C21c2ccccc2-c2c(N(c3cccc4c3-c3ccccc3C43c4ccccc4-c4ccccc43)c3cccc4c3-c3ccccc3C43c4ccccc4-n4c5ccccc5c5cccc3c54)cccc21. The lowest BCUT2D eigenvalue weighted by Crippen LogP contribution is -2.33. The number of benzene rings is 13. The van der Waals surface area contributed by atoms with E-state index in [9.17, 15) is 0 Å². The Labute approximate surface area is 481 Å². The minimum atomic E-state index is -0.646. The molecule has 1 unspecified atom stereocenters. The second kappa shape index (κ2) is 15.5. The summed E-state index contributed by atoms with van der Waals surface area (Å²) in [6.07, 6.45) is 0. The topological polar surface area (TPSA) is 8.17 Å². The number of hydrogen-bond donors (Lipinski definition) is 0. The largest absolute Gasteiger partial charge is 0.309 e. The van der Waals surface area contributed by atoms with Crippen LogP contribution in [-0.2, 0) is 16.2 Å². The highest BCUT2D eigenvalue weighted by Crippen LogP contribution is 2.70. The van der Waals surface area contributed by atoms with Gasteiger partial charge in [-0.3, -0.25) is 0 Å². The zero-order chi connectivity index (χ0) is 53.9. The summed E-state index contributed by atoms with van der Waals surface area (Å²) in [5.74, 6) is 0. The van der Waals surface area contributed by atoms with Crippen LogP contribution in [0, 0.1) is 0 Å². The lowest BCUT2D eigenvalue weighted by molar-refractivity contribution is 0.748. The lowest BCUT2D eigenvalue weighted by atomic mass is 9.65. The average molecular weight is 1050 g/mol. The summed E-state index contributed by atoms with van der Waals surface area (Å²) >= 11 is 0. The van der Waals surface area contributed by atoms with Gasteiger partial charge in [0.1, 0.15) is 0 Å². The Morgan fingerprint density at radius 1 is 0.217 bits per heavy atom. The molecule has 0 saturated carbocycles. The normalized spacial score (nSPS) is 16.2. The smallest absolute Gasteiger partial charge is 0.0755 e. The van der Waals surface area contributed by atoms with Gasteiger partial charge in [0.2, 0.25) is 0 Å². The van der Waals surface area contributed by atoms with E-state index in [-0.39, 0.29) is 0 Å². The minimum Gasteiger partial charge on any atom is -0.309 e. The molecule has 0 amide bonds. The summed E-state index contributed by atoms with van der Waals surface area (Å²) in [7, 11) is 0. The van der Waals surface area contributed by atoms with Gasteiger partial charge < -0.3 is 9.47 Å².